The molecule has 7 heteroatoms. The van der Waals surface area contributed by atoms with Crippen LogP contribution < -0.4 is 5.32 Å². The van der Waals surface area contributed by atoms with E-state index in [4.69, 9.17) is 4.74 Å². The normalized spacial score (nSPS) is 11.7. The Balaban J connectivity index is 2.01. The first-order chi connectivity index (χ1) is 12.1. The van der Waals surface area contributed by atoms with Gasteiger partial charge in [0, 0.05) is 0 Å². The van der Waals surface area contributed by atoms with Crippen molar-refractivity contribution in [3.8, 4) is 0 Å². The number of hydrogen-bond donors (Lipinski definition) is 1. The molecular weight excluding hydrogens is 347 g/mol. The van der Waals surface area contributed by atoms with E-state index in [9.17, 15) is 22.8 Å². The summed E-state index contributed by atoms with van der Waals surface area (Å²) in [6, 6.07) is 13.4. The zero-order valence-corrected chi connectivity index (χ0v) is 14.3. The van der Waals surface area contributed by atoms with Gasteiger partial charge in [0.05, 0.1) is 16.7 Å². The number of carbonyl (C=O) groups is 2. The van der Waals surface area contributed by atoms with E-state index in [0.717, 1.165) is 12.1 Å². The van der Waals surface area contributed by atoms with E-state index in [1.54, 1.807) is 44.2 Å². The van der Waals surface area contributed by atoms with Gasteiger partial charge < -0.3 is 10.1 Å². The summed E-state index contributed by atoms with van der Waals surface area (Å²) in [5.74, 6) is -1.50. The van der Waals surface area contributed by atoms with Gasteiger partial charge in [0.15, 0.2) is 6.61 Å². The van der Waals surface area contributed by atoms with Gasteiger partial charge in [-0.1, -0.05) is 42.5 Å². The highest BCUT2D eigenvalue weighted by atomic mass is 19.4. The van der Waals surface area contributed by atoms with E-state index in [2.05, 4.69) is 5.32 Å². The number of anilines is 1. The molecule has 0 aliphatic heterocycles. The minimum absolute atomic E-state index is 0.386. The van der Waals surface area contributed by atoms with Crippen LogP contribution in [-0.2, 0) is 25.9 Å². The Hall–Kier alpha value is -2.83. The Morgan fingerprint density at radius 1 is 0.962 bits per heavy atom. The van der Waals surface area contributed by atoms with Crippen molar-refractivity contribution in [1.29, 1.82) is 0 Å². The maximum absolute atomic E-state index is 12.9. The summed E-state index contributed by atoms with van der Waals surface area (Å²) in [6.07, 6.45) is -4.60. The fraction of sp³-hybridized carbons (Fsp3) is 0.263. The van der Waals surface area contributed by atoms with Gasteiger partial charge in [-0.05, 0) is 31.5 Å². The van der Waals surface area contributed by atoms with Gasteiger partial charge in [0.25, 0.3) is 5.91 Å². The number of rotatable bonds is 5. The van der Waals surface area contributed by atoms with E-state index in [1.165, 1.54) is 12.1 Å². The number of carbonyl (C=O) groups excluding carboxylic acids is 2. The van der Waals surface area contributed by atoms with E-state index in [0.29, 0.717) is 5.56 Å². The van der Waals surface area contributed by atoms with Crippen LogP contribution in [0, 0.1) is 0 Å². The second kappa shape index (κ2) is 7.59. The number of halogens is 3. The van der Waals surface area contributed by atoms with Gasteiger partial charge in [-0.25, -0.2) is 0 Å². The van der Waals surface area contributed by atoms with Crippen LogP contribution in [0.2, 0.25) is 0 Å². The van der Waals surface area contributed by atoms with Crippen LogP contribution in [0.25, 0.3) is 0 Å². The van der Waals surface area contributed by atoms with Crippen LogP contribution in [0.4, 0.5) is 18.9 Å². The Kier molecular flexibility index (Phi) is 5.69. The summed E-state index contributed by atoms with van der Waals surface area (Å²) in [5, 5.41) is 2.13. The summed E-state index contributed by atoms with van der Waals surface area (Å²) in [5.41, 5.74) is -1.65. The summed E-state index contributed by atoms with van der Waals surface area (Å²) >= 11 is 0. The Bertz CT molecular complexity index is 786. The largest absolute Gasteiger partial charge is 0.455 e. The molecule has 2 aromatic rings. The molecule has 2 aromatic carbocycles. The fourth-order valence-electron chi connectivity index (χ4n) is 2.31. The summed E-state index contributed by atoms with van der Waals surface area (Å²) in [4.78, 5) is 24.2. The third kappa shape index (κ3) is 4.62. The van der Waals surface area contributed by atoms with Crippen molar-refractivity contribution in [2.45, 2.75) is 25.4 Å². The molecule has 0 unspecified atom stereocenters. The van der Waals surface area contributed by atoms with Crippen molar-refractivity contribution in [3.05, 3.63) is 65.7 Å². The highest BCUT2D eigenvalue weighted by molar-refractivity contribution is 5.94. The zero-order valence-electron chi connectivity index (χ0n) is 14.3. The quantitative estimate of drug-likeness (QED) is 0.810. The average Bonchev–Trinajstić information content (AvgIpc) is 2.60. The molecule has 1 amide bonds. The van der Waals surface area contributed by atoms with Gasteiger partial charge in [-0.2, -0.15) is 13.2 Å². The van der Waals surface area contributed by atoms with Crippen LogP contribution in [0.3, 0.4) is 0 Å². The molecule has 0 spiro atoms. The van der Waals surface area contributed by atoms with Crippen LogP contribution in [0.15, 0.2) is 54.6 Å². The Morgan fingerprint density at radius 3 is 2.15 bits per heavy atom. The molecule has 1 N–H and O–H groups in total. The minimum Gasteiger partial charge on any atom is -0.455 e. The van der Waals surface area contributed by atoms with Gasteiger partial charge in [0.1, 0.15) is 0 Å². The highest BCUT2D eigenvalue weighted by Crippen LogP contribution is 2.34. The van der Waals surface area contributed by atoms with Crippen LogP contribution >= 0.6 is 0 Å². The van der Waals surface area contributed by atoms with Gasteiger partial charge in [-0.15, -0.1) is 0 Å². The number of para-hydroxylation sites is 1. The molecule has 4 nitrogen and oxygen atoms in total. The molecule has 0 aromatic heterocycles. The highest BCUT2D eigenvalue weighted by Gasteiger charge is 2.34. The molecule has 0 saturated heterocycles. The van der Waals surface area contributed by atoms with Crippen LogP contribution in [0.5, 0.6) is 0 Å². The molecule has 0 aliphatic carbocycles. The minimum atomic E-state index is -4.60. The lowest BCUT2D eigenvalue weighted by molar-refractivity contribution is -0.152. The molecule has 0 fully saturated rings. The molecule has 138 valence electrons. The van der Waals surface area contributed by atoms with Crippen molar-refractivity contribution in [3.63, 3.8) is 0 Å². The SMILES string of the molecule is CC(C)(C(=O)OCC(=O)Nc1ccccc1C(F)(F)F)c1ccccc1. The Labute approximate surface area is 149 Å². The number of hydrogen-bond acceptors (Lipinski definition) is 3. The summed E-state index contributed by atoms with van der Waals surface area (Å²) in [6.45, 7) is 2.60. The first kappa shape index (κ1) is 19.5. The van der Waals surface area contributed by atoms with Crippen molar-refractivity contribution < 1.29 is 27.5 Å². The lowest BCUT2D eigenvalue weighted by Crippen LogP contribution is -2.33. The van der Waals surface area contributed by atoms with E-state index in [-0.39, 0.29) is 5.69 Å². The van der Waals surface area contributed by atoms with Crippen LogP contribution in [-0.4, -0.2) is 18.5 Å². The third-order valence-corrected chi connectivity index (χ3v) is 3.85. The second-order valence-electron chi connectivity index (χ2n) is 6.16. The molecular formula is C19H18F3NO3. The average molecular weight is 365 g/mol. The predicted octanol–water partition coefficient (Wildman–Crippen LogP) is 4.16. The first-order valence-electron chi connectivity index (χ1n) is 7.81. The second-order valence-corrected chi connectivity index (χ2v) is 6.16. The topological polar surface area (TPSA) is 55.4 Å². The number of amides is 1. The molecule has 0 radical (unpaired) electrons. The molecule has 26 heavy (non-hydrogen) atoms. The van der Waals surface area contributed by atoms with Crippen molar-refractivity contribution in [2.24, 2.45) is 0 Å². The lowest BCUT2D eigenvalue weighted by Gasteiger charge is -2.23. The lowest BCUT2D eigenvalue weighted by atomic mass is 9.85. The number of benzene rings is 2. The predicted molar refractivity (Wildman–Crippen MR) is 90.5 cm³/mol. The zero-order chi connectivity index (χ0) is 19.4. The smallest absolute Gasteiger partial charge is 0.418 e. The fourth-order valence-corrected chi connectivity index (χ4v) is 2.31. The maximum atomic E-state index is 12.9. The van der Waals surface area contributed by atoms with E-state index >= 15 is 0 Å². The van der Waals surface area contributed by atoms with Crippen molar-refractivity contribution in [2.75, 3.05) is 11.9 Å². The van der Waals surface area contributed by atoms with Gasteiger partial charge in [-0.3, -0.25) is 9.59 Å². The summed E-state index contributed by atoms with van der Waals surface area (Å²) in [7, 11) is 0. The maximum Gasteiger partial charge on any atom is 0.418 e. The number of ether oxygens (including phenoxy) is 1. The Morgan fingerprint density at radius 2 is 1.54 bits per heavy atom. The number of esters is 1. The standard InChI is InChI=1S/C19H18F3NO3/c1-18(2,13-8-4-3-5-9-13)17(25)26-12-16(24)23-15-11-7-6-10-14(15)19(20,21)22/h3-11H,12H2,1-2H3,(H,23,24). The monoisotopic (exact) mass is 365 g/mol. The molecule has 0 heterocycles. The van der Waals surface area contributed by atoms with E-state index in [1.807, 2.05) is 0 Å². The van der Waals surface area contributed by atoms with E-state index < -0.39 is 35.6 Å². The molecule has 0 atom stereocenters. The third-order valence-electron chi connectivity index (χ3n) is 3.85. The van der Waals surface area contributed by atoms with Crippen molar-refractivity contribution >= 4 is 17.6 Å². The molecule has 0 saturated carbocycles. The number of nitrogens with one attached hydrogen (secondary N) is 1. The molecule has 0 bridgehead atoms. The summed E-state index contributed by atoms with van der Waals surface area (Å²) < 4.78 is 43.7. The van der Waals surface area contributed by atoms with Gasteiger partial charge >= 0.3 is 12.1 Å². The molecule has 0 aliphatic rings. The van der Waals surface area contributed by atoms with Crippen molar-refractivity contribution in [1.82, 2.24) is 0 Å². The van der Waals surface area contributed by atoms with Gasteiger partial charge in [0.2, 0.25) is 0 Å². The first-order valence-corrected chi connectivity index (χ1v) is 7.81. The molecule has 2 rings (SSSR count). The van der Waals surface area contributed by atoms with Crippen LogP contribution in [0.1, 0.15) is 25.0 Å². The number of alkyl halides is 3.